The molecule has 1 aromatic heterocycles. The number of hydrogen-bond donors (Lipinski definition) is 1. The quantitative estimate of drug-likeness (QED) is 0.818. The van der Waals surface area contributed by atoms with Gasteiger partial charge in [0.05, 0.1) is 12.1 Å². The van der Waals surface area contributed by atoms with Crippen LogP contribution in [-0.4, -0.2) is 22.2 Å². The lowest BCUT2D eigenvalue weighted by molar-refractivity contribution is 0.0695. The second-order valence-corrected chi connectivity index (χ2v) is 4.36. The lowest BCUT2D eigenvalue weighted by Gasteiger charge is -2.08. The first-order chi connectivity index (χ1) is 8.58. The number of aromatic carboxylic acids is 1. The Labute approximate surface area is 102 Å². The van der Waals surface area contributed by atoms with Crippen LogP contribution in [0.5, 0.6) is 5.75 Å². The molecule has 1 aliphatic rings. The van der Waals surface area contributed by atoms with Crippen LogP contribution in [0.2, 0.25) is 0 Å². The number of benzene rings is 1. The van der Waals surface area contributed by atoms with Crippen LogP contribution in [0.4, 0.5) is 0 Å². The number of nitrogens with zero attached hydrogens (tertiary/aromatic N) is 1. The summed E-state index contributed by atoms with van der Waals surface area (Å²) in [5, 5.41) is 9.44. The van der Waals surface area contributed by atoms with Crippen LogP contribution in [0.25, 0.3) is 10.9 Å². The Kier molecular flexibility index (Phi) is 2.16. The van der Waals surface area contributed by atoms with Gasteiger partial charge in [0.2, 0.25) is 5.43 Å². The Morgan fingerprint density at radius 3 is 2.94 bits per heavy atom. The highest BCUT2D eigenvalue weighted by molar-refractivity contribution is 5.93. The van der Waals surface area contributed by atoms with E-state index in [1.165, 1.54) is 6.20 Å². The number of hydrogen-bond acceptors (Lipinski definition) is 3. The van der Waals surface area contributed by atoms with Gasteiger partial charge in [0.25, 0.3) is 0 Å². The van der Waals surface area contributed by atoms with Crippen molar-refractivity contribution in [2.75, 3.05) is 6.61 Å². The Bertz CT molecular complexity index is 730. The van der Waals surface area contributed by atoms with Crippen molar-refractivity contribution in [2.24, 2.45) is 7.05 Å². The highest BCUT2D eigenvalue weighted by atomic mass is 16.5. The molecule has 0 radical (unpaired) electrons. The van der Waals surface area contributed by atoms with E-state index < -0.39 is 11.4 Å². The van der Waals surface area contributed by atoms with Crippen LogP contribution in [0.3, 0.4) is 0 Å². The molecule has 0 saturated carbocycles. The topological polar surface area (TPSA) is 68.5 Å². The molecule has 5 heteroatoms. The van der Waals surface area contributed by atoms with Crippen LogP contribution in [0.15, 0.2) is 23.1 Å². The van der Waals surface area contributed by atoms with Gasteiger partial charge in [0, 0.05) is 31.1 Å². The molecule has 0 amide bonds. The first-order valence-corrected chi connectivity index (χ1v) is 5.60. The lowest BCUT2D eigenvalue weighted by atomic mass is 10.1. The maximum atomic E-state index is 12.1. The Morgan fingerprint density at radius 2 is 2.22 bits per heavy atom. The zero-order valence-electron chi connectivity index (χ0n) is 9.77. The predicted molar refractivity (Wildman–Crippen MR) is 65.3 cm³/mol. The van der Waals surface area contributed by atoms with Gasteiger partial charge in [-0.15, -0.1) is 0 Å². The van der Waals surface area contributed by atoms with E-state index >= 15 is 0 Å². The van der Waals surface area contributed by atoms with E-state index in [0.717, 1.165) is 17.7 Å². The minimum atomic E-state index is -1.20. The van der Waals surface area contributed by atoms with E-state index in [2.05, 4.69) is 0 Å². The molecule has 92 valence electrons. The molecule has 0 saturated heterocycles. The summed E-state index contributed by atoms with van der Waals surface area (Å²) < 4.78 is 7.09. The Morgan fingerprint density at radius 1 is 1.44 bits per heavy atom. The standard InChI is InChI=1S/C13H11NO4/c1-14-6-9(13(16)17)12(15)8-4-7-2-3-18-11(7)5-10(8)14/h4-6H,2-3H2,1H3,(H,16,17). The van der Waals surface area contributed by atoms with Gasteiger partial charge in [0.15, 0.2) is 0 Å². The van der Waals surface area contributed by atoms with Gasteiger partial charge in [-0.25, -0.2) is 4.79 Å². The fourth-order valence-electron chi connectivity index (χ4n) is 2.31. The molecule has 1 N–H and O–H groups in total. The number of fused-ring (bicyclic) bond motifs is 2. The average molecular weight is 245 g/mol. The minimum Gasteiger partial charge on any atom is -0.493 e. The van der Waals surface area contributed by atoms with Gasteiger partial charge >= 0.3 is 5.97 Å². The summed E-state index contributed by atoms with van der Waals surface area (Å²) in [6.45, 7) is 0.606. The SMILES string of the molecule is Cn1cc(C(=O)O)c(=O)c2cc3c(cc21)OCC3. The zero-order chi connectivity index (χ0) is 12.9. The Hall–Kier alpha value is -2.30. The van der Waals surface area contributed by atoms with Crippen molar-refractivity contribution in [3.63, 3.8) is 0 Å². The van der Waals surface area contributed by atoms with Crippen LogP contribution < -0.4 is 10.2 Å². The molecule has 0 bridgehead atoms. The van der Waals surface area contributed by atoms with Crippen LogP contribution in [0, 0.1) is 0 Å². The van der Waals surface area contributed by atoms with E-state index in [9.17, 15) is 9.59 Å². The molecular weight excluding hydrogens is 234 g/mol. The molecule has 1 aromatic carbocycles. The number of carbonyl (C=O) groups is 1. The van der Waals surface area contributed by atoms with E-state index in [0.29, 0.717) is 17.5 Å². The summed E-state index contributed by atoms with van der Waals surface area (Å²) in [6.07, 6.45) is 2.10. The fourth-order valence-corrected chi connectivity index (χ4v) is 2.31. The van der Waals surface area contributed by atoms with Crippen LogP contribution >= 0.6 is 0 Å². The third kappa shape index (κ3) is 1.40. The van der Waals surface area contributed by atoms with Crippen molar-refractivity contribution in [3.05, 3.63) is 39.7 Å². The normalized spacial score (nSPS) is 13.4. The molecule has 0 spiro atoms. The Balaban J connectivity index is 2.43. The second kappa shape index (κ2) is 3.60. The first kappa shape index (κ1) is 10.8. The maximum absolute atomic E-state index is 12.1. The molecule has 0 aliphatic carbocycles. The van der Waals surface area contributed by atoms with Crippen molar-refractivity contribution < 1.29 is 14.6 Å². The molecule has 2 aromatic rings. The van der Waals surface area contributed by atoms with Crippen molar-refractivity contribution in [3.8, 4) is 5.75 Å². The second-order valence-electron chi connectivity index (χ2n) is 4.36. The smallest absolute Gasteiger partial charge is 0.341 e. The maximum Gasteiger partial charge on any atom is 0.341 e. The van der Waals surface area contributed by atoms with Gasteiger partial charge in [-0.05, 0) is 11.6 Å². The number of aromatic nitrogens is 1. The summed E-state index contributed by atoms with van der Waals surface area (Å²) in [5.74, 6) is -0.421. The van der Waals surface area contributed by atoms with E-state index in [1.54, 1.807) is 23.7 Å². The molecule has 2 heterocycles. The molecular formula is C13H11NO4. The number of ether oxygens (including phenoxy) is 1. The molecule has 5 nitrogen and oxygen atoms in total. The fraction of sp³-hybridized carbons (Fsp3) is 0.231. The first-order valence-electron chi connectivity index (χ1n) is 5.60. The van der Waals surface area contributed by atoms with Gasteiger partial charge < -0.3 is 14.4 Å². The van der Waals surface area contributed by atoms with Crippen LogP contribution in [0.1, 0.15) is 15.9 Å². The minimum absolute atomic E-state index is 0.205. The summed E-state index contributed by atoms with van der Waals surface area (Å²) in [4.78, 5) is 23.1. The van der Waals surface area contributed by atoms with Crippen molar-refractivity contribution in [1.29, 1.82) is 0 Å². The van der Waals surface area contributed by atoms with Crippen LogP contribution in [-0.2, 0) is 13.5 Å². The summed E-state index contributed by atoms with van der Waals surface area (Å²) in [7, 11) is 1.72. The van der Waals surface area contributed by atoms with E-state index in [-0.39, 0.29) is 5.56 Å². The summed E-state index contributed by atoms with van der Waals surface area (Å²) in [5.41, 5.74) is 1.00. The van der Waals surface area contributed by atoms with Crippen molar-refractivity contribution in [1.82, 2.24) is 4.57 Å². The molecule has 3 rings (SSSR count). The average Bonchev–Trinajstić information content (AvgIpc) is 2.78. The highest BCUT2D eigenvalue weighted by Gasteiger charge is 2.18. The predicted octanol–water partition coefficient (Wildman–Crippen LogP) is 1.17. The molecule has 0 atom stereocenters. The summed E-state index contributed by atoms with van der Waals surface area (Å²) in [6, 6.07) is 3.54. The molecule has 0 unspecified atom stereocenters. The molecule has 1 aliphatic heterocycles. The summed E-state index contributed by atoms with van der Waals surface area (Å²) >= 11 is 0. The number of rotatable bonds is 1. The monoisotopic (exact) mass is 245 g/mol. The highest BCUT2D eigenvalue weighted by Crippen LogP contribution is 2.29. The largest absolute Gasteiger partial charge is 0.493 e. The van der Waals surface area contributed by atoms with Gasteiger partial charge in [-0.3, -0.25) is 4.79 Å². The number of carboxylic acid groups (broad SMARTS) is 1. The van der Waals surface area contributed by atoms with Gasteiger partial charge in [-0.1, -0.05) is 0 Å². The third-order valence-electron chi connectivity index (χ3n) is 3.23. The number of aryl methyl sites for hydroxylation is 1. The molecule has 18 heavy (non-hydrogen) atoms. The number of pyridine rings is 1. The lowest BCUT2D eigenvalue weighted by Crippen LogP contribution is -2.17. The third-order valence-corrected chi connectivity index (χ3v) is 3.23. The van der Waals surface area contributed by atoms with Gasteiger partial charge in [0.1, 0.15) is 11.3 Å². The molecule has 0 fully saturated rings. The van der Waals surface area contributed by atoms with E-state index in [1.807, 2.05) is 0 Å². The zero-order valence-corrected chi connectivity index (χ0v) is 9.77. The van der Waals surface area contributed by atoms with E-state index in [4.69, 9.17) is 9.84 Å². The van der Waals surface area contributed by atoms with Gasteiger partial charge in [-0.2, -0.15) is 0 Å². The van der Waals surface area contributed by atoms with Crippen molar-refractivity contribution in [2.45, 2.75) is 6.42 Å². The number of carboxylic acids is 1. The van der Waals surface area contributed by atoms with Crippen molar-refractivity contribution >= 4 is 16.9 Å².